The van der Waals surface area contributed by atoms with Crippen LogP contribution in [-0.4, -0.2) is 111 Å². The van der Waals surface area contributed by atoms with Gasteiger partial charge in [-0.15, -0.1) is 0 Å². The maximum absolute atomic E-state index is 16.5. The molecule has 0 saturated carbocycles. The minimum atomic E-state index is -3.34. The fourth-order valence-electron chi connectivity index (χ4n) is 5.49. The second kappa shape index (κ2) is 6.58. The molecule has 3 N–H and O–H groups in total. The summed E-state index contributed by atoms with van der Waals surface area (Å²) in [7, 11) is 0. The predicted octanol–water partition coefficient (Wildman–Crippen LogP) is -0.512. The van der Waals surface area contributed by atoms with Crippen molar-refractivity contribution in [1.29, 1.82) is 0 Å². The minimum absolute atomic E-state index is 0.313. The second-order valence-electron chi connectivity index (χ2n) is 8.05. The van der Waals surface area contributed by atoms with E-state index in [2.05, 4.69) is 0 Å². The van der Waals surface area contributed by atoms with Crippen molar-refractivity contribution in [3.05, 3.63) is 0 Å². The van der Waals surface area contributed by atoms with E-state index >= 15 is 8.78 Å². The maximum Gasteiger partial charge on any atom is 0.293 e. The Morgan fingerprint density at radius 1 is 0.808 bits per heavy atom. The highest BCUT2D eigenvalue weighted by molar-refractivity contribution is 5.24. The van der Waals surface area contributed by atoms with E-state index in [1.165, 1.54) is 4.90 Å². The van der Waals surface area contributed by atoms with Crippen LogP contribution < -0.4 is 0 Å². The summed E-state index contributed by atoms with van der Waals surface area (Å²) in [5.74, 6) is -6.21. The first-order valence-corrected chi connectivity index (χ1v) is 9.78. The van der Waals surface area contributed by atoms with E-state index in [4.69, 9.17) is 0 Å². The van der Waals surface area contributed by atoms with Crippen LogP contribution in [-0.2, 0) is 0 Å². The number of aliphatic hydroxyl groups excluding tert-OH is 2. The third-order valence-electron chi connectivity index (χ3n) is 6.92. The van der Waals surface area contributed by atoms with Crippen LogP contribution in [0.25, 0.3) is 0 Å². The monoisotopic (exact) mass is 376 g/mol. The quantitative estimate of drug-likeness (QED) is 0.558. The molecule has 0 spiro atoms. The number of alkyl halides is 2. The van der Waals surface area contributed by atoms with Gasteiger partial charge in [-0.05, 0) is 45.2 Å². The number of halogens is 2. The van der Waals surface area contributed by atoms with Gasteiger partial charge >= 0.3 is 0 Å². The molecule has 26 heavy (non-hydrogen) atoms. The molecule has 0 aromatic rings. The van der Waals surface area contributed by atoms with Gasteiger partial charge in [-0.3, -0.25) is 14.7 Å². The molecule has 4 aliphatic heterocycles. The molecular formula is C17H30F2N4O3. The Morgan fingerprint density at radius 3 is 1.81 bits per heavy atom. The number of aliphatic hydroxyl groups is 3. The molecular weight excluding hydrogens is 346 g/mol. The fraction of sp³-hybridized carbons (Fsp3) is 1.00. The highest BCUT2D eigenvalue weighted by atomic mass is 19.2. The van der Waals surface area contributed by atoms with E-state index in [0.717, 1.165) is 24.2 Å². The summed E-state index contributed by atoms with van der Waals surface area (Å²) in [4.78, 5) is 5.91. The Labute approximate surface area is 152 Å². The first-order chi connectivity index (χ1) is 12.4. The smallest absolute Gasteiger partial charge is 0.293 e. The topological polar surface area (TPSA) is 73.6 Å². The van der Waals surface area contributed by atoms with Gasteiger partial charge in [0.2, 0.25) is 0 Å². The number of hydrogen-bond acceptors (Lipinski definition) is 7. The lowest BCUT2D eigenvalue weighted by Crippen LogP contribution is -2.75. The van der Waals surface area contributed by atoms with Gasteiger partial charge < -0.3 is 15.3 Å². The summed E-state index contributed by atoms with van der Waals surface area (Å²) >= 11 is 0. The van der Waals surface area contributed by atoms with Gasteiger partial charge in [-0.25, -0.2) is 13.7 Å². The van der Waals surface area contributed by atoms with Crippen LogP contribution in [0.15, 0.2) is 0 Å². The molecule has 4 saturated heterocycles. The van der Waals surface area contributed by atoms with Crippen LogP contribution in [0, 0.1) is 0 Å². The standard InChI is InChI=1S/C17H30F2N4O3/c18-16(26)15(12-24,21-10-5-11-21)14(20-6-1-2-7-20)23(13-25)17(16,19)22-8-3-4-9-22/h14,24-26H,1-13H2. The van der Waals surface area contributed by atoms with Crippen LogP contribution in [0.3, 0.4) is 0 Å². The van der Waals surface area contributed by atoms with Gasteiger partial charge in [-0.1, -0.05) is 0 Å². The zero-order valence-electron chi connectivity index (χ0n) is 15.2. The molecule has 7 nitrogen and oxygen atoms in total. The Balaban J connectivity index is 1.86. The van der Waals surface area contributed by atoms with Gasteiger partial charge in [-0.2, -0.15) is 0 Å². The van der Waals surface area contributed by atoms with Crippen molar-refractivity contribution in [2.24, 2.45) is 0 Å². The van der Waals surface area contributed by atoms with Gasteiger partial charge in [0.05, 0.1) is 12.8 Å². The van der Waals surface area contributed by atoms with Crippen molar-refractivity contribution in [2.45, 2.75) is 55.6 Å². The van der Waals surface area contributed by atoms with Crippen molar-refractivity contribution >= 4 is 0 Å². The molecule has 0 bridgehead atoms. The number of rotatable bonds is 5. The van der Waals surface area contributed by atoms with Gasteiger partial charge in [0.15, 0.2) is 0 Å². The van der Waals surface area contributed by atoms with E-state index in [9.17, 15) is 15.3 Å². The largest absolute Gasteiger partial charge is 0.394 e. The third kappa shape index (κ3) is 2.16. The molecule has 4 fully saturated rings. The predicted molar refractivity (Wildman–Crippen MR) is 90.2 cm³/mol. The van der Waals surface area contributed by atoms with Crippen molar-refractivity contribution < 1.29 is 24.1 Å². The average Bonchev–Trinajstić information content (AvgIpc) is 3.30. The second-order valence-corrected chi connectivity index (χ2v) is 8.05. The minimum Gasteiger partial charge on any atom is -0.394 e. The zero-order valence-corrected chi connectivity index (χ0v) is 15.2. The highest BCUT2D eigenvalue weighted by Crippen LogP contribution is 2.57. The number of likely N-dealkylation sites (tertiary alicyclic amines) is 4. The Hall–Kier alpha value is -0.420. The molecule has 0 aliphatic carbocycles. The SMILES string of the molecule is OCN1C(N2CCCC2)C(CO)(N2CCC2)C(O)(F)C1(F)N1CCCC1. The van der Waals surface area contributed by atoms with E-state index in [0.29, 0.717) is 52.1 Å². The molecule has 4 atom stereocenters. The fourth-order valence-corrected chi connectivity index (χ4v) is 5.49. The summed E-state index contributed by atoms with van der Waals surface area (Å²) in [5.41, 5.74) is -1.82. The molecule has 4 rings (SSSR count). The van der Waals surface area contributed by atoms with Gasteiger partial charge in [0.1, 0.15) is 12.3 Å². The lowest BCUT2D eigenvalue weighted by molar-refractivity contribution is -0.319. The van der Waals surface area contributed by atoms with Crippen LogP contribution >= 0.6 is 0 Å². The summed E-state index contributed by atoms with van der Waals surface area (Å²) < 4.78 is 32.7. The normalized spacial score (nSPS) is 46.3. The highest BCUT2D eigenvalue weighted by Gasteiger charge is 2.82. The average molecular weight is 376 g/mol. The number of hydrogen-bond donors (Lipinski definition) is 3. The molecule has 0 radical (unpaired) electrons. The Morgan fingerprint density at radius 2 is 1.35 bits per heavy atom. The lowest BCUT2D eigenvalue weighted by atomic mass is 9.83. The molecule has 0 amide bonds. The van der Waals surface area contributed by atoms with Gasteiger partial charge in [0, 0.05) is 26.2 Å². The lowest BCUT2D eigenvalue weighted by Gasteiger charge is -2.53. The summed E-state index contributed by atoms with van der Waals surface area (Å²) in [6.45, 7) is 1.43. The molecule has 150 valence electrons. The van der Waals surface area contributed by atoms with Crippen LogP contribution in [0.1, 0.15) is 32.1 Å². The molecule has 0 aromatic carbocycles. The van der Waals surface area contributed by atoms with Crippen LogP contribution in [0.5, 0.6) is 0 Å². The Kier molecular flexibility index (Phi) is 4.79. The van der Waals surface area contributed by atoms with Crippen molar-refractivity contribution in [3.63, 3.8) is 0 Å². The summed E-state index contributed by atoms with van der Waals surface area (Å²) in [5, 5.41) is 31.5. The molecule has 9 heteroatoms. The van der Waals surface area contributed by atoms with E-state index < -0.39 is 36.8 Å². The zero-order chi connectivity index (χ0) is 18.6. The molecule has 4 aliphatic rings. The first kappa shape index (κ1) is 18.9. The maximum atomic E-state index is 16.5. The molecule has 0 aromatic heterocycles. The van der Waals surface area contributed by atoms with Crippen LogP contribution in [0.4, 0.5) is 8.78 Å². The summed E-state index contributed by atoms with van der Waals surface area (Å²) in [6, 6.07) is 0. The summed E-state index contributed by atoms with van der Waals surface area (Å²) in [6.07, 6.45) is 3.10. The van der Waals surface area contributed by atoms with Crippen molar-refractivity contribution in [1.82, 2.24) is 19.6 Å². The molecule has 4 heterocycles. The van der Waals surface area contributed by atoms with Crippen LogP contribution in [0.2, 0.25) is 0 Å². The van der Waals surface area contributed by atoms with Crippen molar-refractivity contribution in [2.75, 3.05) is 52.6 Å². The van der Waals surface area contributed by atoms with E-state index in [1.807, 2.05) is 4.90 Å². The third-order valence-corrected chi connectivity index (χ3v) is 6.92. The molecule has 4 unspecified atom stereocenters. The van der Waals surface area contributed by atoms with Gasteiger partial charge in [0.25, 0.3) is 11.8 Å². The first-order valence-electron chi connectivity index (χ1n) is 9.78. The van der Waals surface area contributed by atoms with E-state index in [1.54, 1.807) is 4.90 Å². The van der Waals surface area contributed by atoms with E-state index in [-0.39, 0.29) is 0 Å². The Bertz CT molecular complexity index is 526. The van der Waals surface area contributed by atoms with Crippen molar-refractivity contribution in [3.8, 4) is 0 Å². The number of nitrogens with zero attached hydrogens (tertiary/aromatic N) is 4.